The second-order valence-electron chi connectivity index (χ2n) is 16.4. The van der Waals surface area contributed by atoms with Crippen LogP contribution in [0, 0.1) is 0 Å². The summed E-state index contributed by atoms with van der Waals surface area (Å²) in [6, 6.07) is 56.2. The van der Waals surface area contributed by atoms with Gasteiger partial charge >= 0.3 is 0 Å². The molecule has 0 fully saturated rings. The molecule has 52 heavy (non-hydrogen) atoms. The largest absolute Gasteiger partial charge is 0.354 e. The Kier molecular flexibility index (Phi) is 7.31. The summed E-state index contributed by atoms with van der Waals surface area (Å²) in [5, 5.41) is 3.92. The van der Waals surface area contributed by atoms with Gasteiger partial charge in [-0.1, -0.05) is 139 Å². The molecule has 0 bridgehead atoms. The first-order valence-electron chi connectivity index (χ1n) is 18.4. The highest BCUT2D eigenvalue weighted by atomic mass is 15.1. The third-order valence-corrected chi connectivity index (χ3v) is 10.9. The third-order valence-electron chi connectivity index (χ3n) is 10.9. The van der Waals surface area contributed by atoms with Crippen LogP contribution in [0.15, 0.2) is 152 Å². The maximum atomic E-state index is 3.75. The van der Waals surface area contributed by atoms with Gasteiger partial charge in [0.15, 0.2) is 0 Å². The van der Waals surface area contributed by atoms with E-state index in [1.54, 1.807) is 0 Å². The van der Waals surface area contributed by atoms with E-state index in [1.807, 2.05) is 0 Å². The van der Waals surface area contributed by atoms with E-state index >= 15 is 0 Å². The van der Waals surface area contributed by atoms with E-state index in [0.29, 0.717) is 0 Å². The Hall–Kier alpha value is -5.86. The van der Waals surface area contributed by atoms with Gasteiger partial charge in [-0.15, -0.1) is 0 Å². The Morgan fingerprint density at radius 3 is 1.50 bits per heavy atom. The number of hydrogen-bond donors (Lipinski definition) is 1. The normalized spacial score (nSPS) is 12.4. The van der Waals surface area contributed by atoms with Crippen LogP contribution in [-0.2, 0) is 10.8 Å². The summed E-state index contributed by atoms with van der Waals surface area (Å²) >= 11 is 0. The van der Waals surface area contributed by atoms with Crippen molar-refractivity contribution in [2.24, 2.45) is 0 Å². The summed E-state index contributed by atoms with van der Waals surface area (Å²) in [6.07, 6.45) is 0. The van der Waals surface area contributed by atoms with Gasteiger partial charge in [-0.2, -0.15) is 0 Å². The Bertz CT molecular complexity index is 2540. The number of rotatable bonds is 5. The van der Waals surface area contributed by atoms with E-state index in [9.17, 15) is 0 Å². The maximum Gasteiger partial charge on any atom is 0.0551 e. The zero-order valence-corrected chi connectivity index (χ0v) is 30.9. The summed E-state index contributed by atoms with van der Waals surface area (Å²) in [7, 11) is 0. The van der Waals surface area contributed by atoms with Crippen LogP contribution in [0.5, 0.6) is 0 Å². The van der Waals surface area contributed by atoms with Crippen molar-refractivity contribution in [2.45, 2.75) is 52.4 Å². The Morgan fingerprint density at radius 1 is 0.442 bits per heavy atom. The molecule has 8 aromatic rings. The molecule has 0 spiro atoms. The van der Waals surface area contributed by atoms with Crippen molar-refractivity contribution in [3.63, 3.8) is 0 Å². The molecule has 9 rings (SSSR count). The molecule has 0 radical (unpaired) electrons. The van der Waals surface area contributed by atoms with Crippen LogP contribution in [-0.4, -0.2) is 4.98 Å². The minimum absolute atomic E-state index is 0.0990. The number of anilines is 3. The van der Waals surface area contributed by atoms with E-state index in [2.05, 4.69) is 203 Å². The van der Waals surface area contributed by atoms with Gasteiger partial charge < -0.3 is 9.88 Å². The van der Waals surface area contributed by atoms with Crippen LogP contribution in [0.3, 0.4) is 0 Å². The molecule has 2 nitrogen and oxygen atoms in total. The molecule has 2 heteroatoms. The predicted molar refractivity (Wildman–Crippen MR) is 223 cm³/mol. The number of fused-ring (bicyclic) bond motifs is 5. The standard InChI is InChI=1S/C50H44N2/c1-49(2,3)37-19-25-40(26-20-37)52(41-27-21-38(22-28-41)50(4,5)6)39-23-16-32(17-24-39)34-12-7-13-35(30-34)36-18-29-45-44(31-36)47-42-14-8-10-33-11-9-15-43(46(33)42)48(47)51-45/h7-31,51H,1-6H3. The molecule has 0 saturated heterocycles. The number of aromatic nitrogens is 1. The minimum Gasteiger partial charge on any atom is -0.354 e. The quantitative estimate of drug-likeness (QED) is 0.193. The van der Waals surface area contributed by atoms with E-state index in [-0.39, 0.29) is 10.8 Å². The van der Waals surface area contributed by atoms with Crippen LogP contribution in [0.25, 0.3) is 66.3 Å². The van der Waals surface area contributed by atoms with E-state index < -0.39 is 0 Å². The molecule has 0 unspecified atom stereocenters. The molecule has 254 valence electrons. The van der Waals surface area contributed by atoms with E-state index in [1.165, 1.54) is 77.4 Å². The van der Waals surface area contributed by atoms with Crippen molar-refractivity contribution >= 4 is 38.7 Å². The van der Waals surface area contributed by atoms with Gasteiger partial charge in [0.2, 0.25) is 0 Å². The molecule has 7 aromatic carbocycles. The van der Waals surface area contributed by atoms with Crippen molar-refractivity contribution in [2.75, 3.05) is 4.90 Å². The molecule has 1 aromatic heterocycles. The first kappa shape index (κ1) is 32.1. The predicted octanol–water partition coefficient (Wildman–Crippen LogP) is 14.4. The lowest BCUT2D eigenvalue weighted by Gasteiger charge is -2.28. The fourth-order valence-corrected chi connectivity index (χ4v) is 7.96. The van der Waals surface area contributed by atoms with Gasteiger partial charge in [0, 0.05) is 39.1 Å². The molecule has 1 heterocycles. The number of hydrogen-bond acceptors (Lipinski definition) is 1. The number of aromatic amines is 1. The molecular formula is C50H44N2. The summed E-state index contributed by atoms with van der Waals surface area (Å²) in [4.78, 5) is 6.11. The first-order chi connectivity index (χ1) is 25.0. The van der Waals surface area contributed by atoms with Gasteiger partial charge in [0.05, 0.1) is 5.69 Å². The molecule has 1 N–H and O–H groups in total. The number of nitrogens with zero attached hydrogens (tertiary/aromatic N) is 1. The summed E-state index contributed by atoms with van der Waals surface area (Å²) < 4.78 is 0. The van der Waals surface area contributed by atoms with Gasteiger partial charge in [0.25, 0.3) is 0 Å². The Labute approximate surface area is 307 Å². The van der Waals surface area contributed by atoms with Gasteiger partial charge in [-0.3, -0.25) is 0 Å². The fourth-order valence-electron chi connectivity index (χ4n) is 7.96. The second-order valence-corrected chi connectivity index (χ2v) is 16.4. The van der Waals surface area contributed by atoms with Crippen LogP contribution in [0.4, 0.5) is 17.1 Å². The van der Waals surface area contributed by atoms with Crippen LogP contribution in [0.2, 0.25) is 0 Å². The maximum absolute atomic E-state index is 3.75. The average Bonchev–Trinajstić information content (AvgIpc) is 3.68. The first-order valence-corrected chi connectivity index (χ1v) is 18.4. The van der Waals surface area contributed by atoms with Crippen LogP contribution < -0.4 is 4.90 Å². The van der Waals surface area contributed by atoms with Crippen LogP contribution in [0.1, 0.15) is 52.7 Å². The Morgan fingerprint density at radius 2 is 0.923 bits per heavy atom. The number of benzene rings is 7. The lowest BCUT2D eigenvalue weighted by Crippen LogP contribution is -2.14. The molecule has 0 amide bonds. The molecule has 1 aliphatic carbocycles. The third kappa shape index (κ3) is 5.42. The highest BCUT2D eigenvalue weighted by Crippen LogP contribution is 2.50. The smallest absolute Gasteiger partial charge is 0.0551 e. The molecular weight excluding hydrogens is 629 g/mol. The van der Waals surface area contributed by atoms with Gasteiger partial charge in [-0.25, -0.2) is 0 Å². The summed E-state index contributed by atoms with van der Waals surface area (Å²) in [5.74, 6) is 0. The van der Waals surface area contributed by atoms with E-state index in [0.717, 1.165) is 17.1 Å². The van der Waals surface area contributed by atoms with Gasteiger partial charge in [0.1, 0.15) is 0 Å². The topological polar surface area (TPSA) is 19.0 Å². The molecule has 0 atom stereocenters. The zero-order valence-electron chi connectivity index (χ0n) is 30.9. The minimum atomic E-state index is 0.0990. The summed E-state index contributed by atoms with van der Waals surface area (Å²) in [5.41, 5.74) is 17.5. The van der Waals surface area contributed by atoms with Crippen molar-refractivity contribution in [1.82, 2.24) is 4.98 Å². The molecule has 1 aliphatic rings. The number of nitrogens with one attached hydrogen (secondary N) is 1. The van der Waals surface area contributed by atoms with E-state index in [4.69, 9.17) is 0 Å². The summed E-state index contributed by atoms with van der Waals surface area (Å²) in [6.45, 7) is 13.6. The molecule has 0 aliphatic heterocycles. The Balaban J connectivity index is 1.06. The van der Waals surface area contributed by atoms with Crippen molar-refractivity contribution in [3.05, 3.63) is 163 Å². The second kappa shape index (κ2) is 11.9. The highest BCUT2D eigenvalue weighted by molar-refractivity contribution is 6.21. The van der Waals surface area contributed by atoms with Gasteiger partial charge in [-0.05, 0) is 115 Å². The number of H-pyrrole nitrogens is 1. The SMILES string of the molecule is CC(C)(C)c1ccc(N(c2ccc(-c3cccc(-c4ccc5[nH]c6c(c5c4)-c4cccc5cccc-6c45)c3)cc2)c2ccc(C(C)(C)C)cc2)cc1. The van der Waals surface area contributed by atoms with Crippen molar-refractivity contribution in [3.8, 4) is 44.6 Å². The van der Waals surface area contributed by atoms with Crippen molar-refractivity contribution in [1.29, 1.82) is 0 Å². The lowest BCUT2D eigenvalue weighted by molar-refractivity contribution is 0.590. The fraction of sp³-hybridized carbons (Fsp3) is 0.160. The highest BCUT2D eigenvalue weighted by Gasteiger charge is 2.25. The van der Waals surface area contributed by atoms with Crippen LogP contribution >= 0.6 is 0 Å². The van der Waals surface area contributed by atoms with Crippen molar-refractivity contribution < 1.29 is 0 Å². The monoisotopic (exact) mass is 672 g/mol. The molecule has 0 saturated carbocycles. The lowest BCUT2D eigenvalue weighted by atomic mass is 9.86. The zero-order chi connectivity index (χ0) is 35.8. The average molecular weight is 673 g/mol.